The van der Waals surface area contributed by atoms with Gasteiger partial charge in [-0.15, -0.1) is 0 Å². The molecule has 0 bridgehead atoms. The van der Waals surface area contributed by atoms with Crippen LogP contribution in [-0.2, 0) is 0 Å². The third-order valence-corrected chi connectivity index (χ3v) is 3.83. The minimum absolute atomic E-state index is 0.0881. The first-order valence-corrected chi connectivity index (χ1v) is 7.61. The van der Waals surface area contributed by atoms with Crippen molar-refractivity contribution in [3.8, 4) is 0 Å². The zero-order valence-corrected chi connectivity index (χ0v) is 12.8. The molecule has 108 valence electrons. The first-order valence-electron chi connectivity index (χ1n) is 6.83. The molecule has 1 aromatic carbocycles. The van der Waals surface area contributed by atoms with Crippen molar-refractivity contribution < 1.29 is 4.39 Å². The summed E-state index contributed by atoms with van der Waals surface area (Å²) < 4.78 is 13.0. The van der Waals surface area contributed by atoms with Gasteiger partial charge >= 0.3 is 0 Å². The van der Waals surface area contributed by atoms with Gasteiger partial charge in [0.1, 0.15) is 5.82 Å². The largest absolute Gasteiger partial charge is 0.362 e. The monoisotopic (exact) mass is 312 g/mol. The molecule has 0 heterocycles. The molecule has 0 saturated heterocycles. The standard InChI is InChI=1S/C15H18ClFN2S/c16-13-10-12(6-7-14(13)17)19-15(20)18-9-8-11-4-2-1-3-5-11/h4,6-7,10H,1-3,5,8-9H2,(H2,18,19,20). The van der Waals surface area contributed by atoms with Gasteiger partial charge in [-0.25, -0.2) is 4.39 Å². The maximum Gasteiger partial charge on any atom is 0.170 e. The van der Waals surface area contributed by atoms with Crippen LogP contribution in [0.4, 0.5) is 10.1 Å². The number of nitrogens with one attached hydrogen (secondary N) is 2. The number of hydrogen-bond donors (Lipinski definition) is 2. The molecule has 1 aliphatic carbocycles. The summed E-state index contributed by atoms with van der Waals surface area (Å²) in [6.07, 6.45) is 8.36. The number of halogens is 2. The van der Waals surface area contributed by atoms with Crippen molar-refractivity contribution in [1.82, 2.24) is 5.32 Å². The van der Waals surface area contributed by atoms with E-state index in [4.69, 9.17) is 23.8 Å². The fourth-order valence-electron chi connectivity index (χ4n) is 2.22. The van der Waals surface area contributed by atoms with Crippen LogP contribution < -0.4 is 10.6 Å². The molecule has 20 heavy (non-hydrogen) atoms. The van der Waals surface area contributed by atoms with Crippen LogP contribution in [0, 0.1) is 5.82 Å². The Morgan fingerprint density at radius 2 is 2.20 bits per heavy atom. The van der Waals surface area contributed by atoms with Gasteiger partial charge in [0.25, 0.3) is 0 Å². The number of thiocarbonyl (C=S) groups is 1. The number of benzene rings is 1. The topological polar surface area (TPSA) is 24.1 Å². The van der Waals surface area contributed by atoms with Crippen LogP contribution in [0.15, 0.2) is 29.8 Å². The number of rotatable bonds is 4. The van der Waals surface area contributed by atoms with E-state index in [1.54, 1.807) is 6.07 Å². The van der Waals surface area contributed by atoms with Crippen LogP contribution >= 0.6 is 23.8 Å². The van der Waals surface area contributed by atoms with Gasteiger partial charge in [-0.05, 0) is 62.5 Å². The van der Waals surface area contributed by atoms with Gasteiger partial charge in [0.05, 0.1) is 5.02 Å². The van der Waals surface area contributed by atoms with Crippen LogP contribution in [0.1, 0.15) is 32.1 Å². The molecule has 0 saturated carbocycles. The quantitative estimate of drug-likeness (QED) is 0.625. The van der Waals surface area contributed by atoms with Crippen molar-refractivity contribution in [3.05, 3.63) is 40.7 Å². The van der Waals surface area contributed by atoms with E-state index in [1.165, 1.54) is 43.4 Å². The summed E-state index contributed by atoms with van der Waals surface area (Å²) in [5.41, 5.74) is 2.20. The summed E-state index contributed by atoms with van der Waals surface area (Å²) in [4.78, 5) is 0. The zero-order chi connectivity index (χ0) is 14.4. The van der Waals surface area contributed by atoms with E-state index >= 15 is 0 Å². The summed E-state index contributed by atoms with van der Waals surface area (Å²) in [6, 6.07) is 4.45. The maximum atomic E-state index is 13.0. The first-order chi connectivity index (χ1) is 9.65. The Kier molecular flexibility index (Phi) is 5.80. The Labute approximate surface area is 129 Å². The fourth-order valence-corrected chi connectivity index (χ4v) is 2.62. The van der Waals surface area contributed by atoms with E-state index in [0.717, 1.165) is 13.0 Å². The SMILES string of the molecule is Fc1ccc(NC(=S)NCCC2=CCCCC2)cc1Cl. The molecule has 0 atom stereocenters. The summed E-state index contributed by atoms with van der Waals surface area (Å²) in [5.74, 6) is -0.430. The molecule has 0 aliphatic heterocycles. The van der Waals surface area contributed by atoms with E-state index < -0.39 is 5.82 Å². The Balaban J connectivity index is 1.74. The molecule has 0 unspecified atom stereocenters. The summed E-state index contributed by atoms with van der Waals surface area (Å²) in [6.45, 7) is 0.812. The van der Waals surface area contributed by atoms with Crippen molar-refractivity contribution in [1.29, 1.82) is 0 Å². The molecule has 0 aromatic heterocycles. The summed E-state index contributed by atoms with van der Waals surface area (Å²) in [7, 11) is 0. The minimum Gasteiger partial charge on any atom is -0.362 e. The van der Waals surface area contributed by atoms with Crippen molar-refractivity contribution in [2.24, 2.45) is 0 Å². The number of hydrogen-bond acceptors (Lipinski definition) is 1. The number of anilines is 1. The van der Waals surface area contributed by atoms with Crippen LogP contribution in [0.25, 0.3) is 0 Å². The highest BCUT2D eigenvalue weighted by Crippen LogP contribution is 2.20. The van der Waals surface area contributed by atoms with E-state index in [2.05, 4.69) is 16.7 Å². The predicted molar refractivity (Wildman–Crippen MR) is 86.8 cm³/mol. The van der Waals surface area contributed by atoms with E-state index in [0.29, 0.717) is 10.8 Å². The highest BCUT2D eigenvalue weighted by Gasteiger charge is 2.05. The van der Waals surface area contributed by atoms with Gasteiger partial charge in [-0.2, -0.15) is 0 Å². The van der Waals surface area contributed by atoms with Crippen molar-refractivity contribution in [2.45, 2.75) is 32.1 Å². The molecule has 2 nitrogen and oxygen atoms in total. The van der Waals surface area contributed by atoms with Gasteiger partial charge < -0.3 is 10.6 Å². The average molecular weight is 313 g/mol. The van der Waals surface area contributed by atoms with Crippen molar-refractivity contribution in [3.63, 3.8) is 0 Å². The molecule has 2 rings (SSSR count). The second-order valence-electron chi connectivity index (χ2n) is 4.87. The van der Waals surface area contributed by atoms with Crippen LogP contribution in [0.2, 0.25) is 5.02 Å². The Morgan fingerprint density at radius 1 is 1.35 bits per heavy atom. The lowest BCUT2D eigenvalue weighted by molar-refractivity contribution is 0.628. The van der Waals surface area contributed by atoms with Crippen molar-refractivity contribution >= 4 is 34.6 Å². The van der Waals surface area contributed by atoms with E-state index in [9.17, 15) is 4.39 Å². The Hall–Kier alpha value is -1.13. The molecule has 0 radical (unpaired) electrons. The number of allylic oxidation sites excluding steroid dienone is 1. The molecule has 1 aliphatic rings. The van der Waals surface area contributed by atoms with Gasteiger partial charge in [0.15, 0.2) is 5.11 Å². The van der Waals surface area contributed by atoms with Crippen molar-refractivity contribution in [2.75, 3.05) is 11.9 Å². The second kappa shape index (κ2) is 7.60. The Morgan fingerprint density at radius 3 is 2.90 bits per heavy atom. The lowest BCUT2D eigenvalue weighted by atomic mass is 9.97. The molecule has 0 spiro atoms. The van der Waals surface area contributed by atoms with E-state index in [1.807, 2.05) is 0 Å². The molecule has 2 N–H and O–H groups in total. The van der Waals surface area contributed by atoms with Crippen LogP contribution in [0.3, 0.4) is 0 Å². The van der Waals surface area contributed by atoms with Gasteiger partial charge in [-0.3, -0.25) is 0 Å². The lowest BCUT2D eigenvalue weighted by Crippen LogP contribution is -2.29. The second-order valence-corrected chi connectivity index (χ2v) is 5.68. The molecule has 1 aromatic rings. The van der Waals surface area contributed by atoms with Gasteiger partial charge in [0.2, 0.25) is 0 Å². The van der Waals surface area contributed by atoms with Gasteiger partial charge in [0, 0.05) is 12.2 Å². The first kappa shape index (κ1) is 15.3. The summed E-state index contributed by atoms with van der Waals surface area (Å²) >= 11 is 10.9. The minimum atomic E-state index is -0.430. The average Bonchev–Trinajstić information content (AvgIpc) is 2.44. The molecule has 0 amide bonds. The normalized spacial score (nSPS) is 14.6. The lowest BCUT2D eigenvalue weighted by Gasteiger charge is -2.14. The summed E-state index contributed by atoms with van der Waals surface area (Å²) in [5, 5.41) is 6.77. The highest BCUT2D eigenvalue weighted by molar-refractivity contribution is 7.80. The highest BCUT2D eigenvalue weighted by atomic mass is 35.5. The predicted octanol–water partition coefficient (Wildman–Crippen LogP) is 4.66. The van der Waals surface area contributed by atoms with E-state index in [-0.39, 0.29) is 5.02 Å². The zero-order valence-electron chi connectivity index (χ0n) is 11.2. The van der Waals surface area contributed by atoms with Crippen LogP contribution in [0.5, 0.6) is 0 Å². The smallest absolute Gasteiger partial charge is 0.170 e. The molecule has 5 heteroatoms. The maximum absolute atomic E-state index is 13.0. The third-order valence-electron chi connectivity index (χ3n) is 3.29. The third kappa shape index (κ3) is 4.76. The molecular formula is C15H18ClFN2S. The molecular weight excluding hydrogens is 295 g/mol. The Bertz CT molecular complexity index is 517. The molecule has 0 fully saturated rings. The fraction of sp³-hybridized carbons (Fsp3) is 0.400. The van der Waals surface area contributed by atoms with Gasteiger partial charge in [-0.1, -0.05) is 23.3 Å². The van der Waals surface area contributed by atoms with Crippen LogP contribution in [-0.4, -0.2) is 11.7 Å².